The molecule has 470 valence electrons. The van der Waals surface area contributed by atoms with Crippen LogP contribution in [-0.4, -0.2) is 19.9 Å². The van der Waals surface area contributed by atoms with E-state index >= 15 is 0 Å². The van der Waals surface area contributed by atoms with Gasteiger partial charge in [0.1, 0.15) is 34.2 Å². The number of rotatable bonds is 8. The largest absolute Gasteiger partial charge is 0.457 e. The van der Waals surface area contributed by atoms with E-state index in [-0.39, 0.29) is 0 Å². The standard InChI is InChI=1S/C94H56N4O3/c1-4-22-57(23-5-1)65-45-40-60(51-72(65)84-56-82(59-26-8-3-9-27-59)96-92(98-84)64-44-48-79-89(54-64)100-86-38-20-17-35-77(86)93(79)73-32-14-10-28-66(73)67-29-11-15-33-74(67)93)61-42-47-76-71(50-61)68-30-12-16-34-75(68)94(76)78-36-18-21-39-87(78)101-90-53-63(43-49-80(90)94)91-95-81(58-24-6-2-7-25-58)55-83(97-91)62-41-46-70-69-31-13-19-37-85(69)99-88(70)52-62/h1-56H. The van der Waals surface area contributed by atoms with Gasteiger partial charge in [-0.1, -0.05) is 273 Å². The van der Waals surface area contributed by atoms with Crippen LogP contribution in [0.15, 0.2) is 344 Å². The summed E-state index contributed by atoms with van der Waals surface area (Å²) in [7, 11) is 0. The van der Waals surface area contributed by atoms with E-state index in [1.807, 2.05) is 42.5 Å². The van der Waals surface area contributed by atoms with E-state index in [4.69, 9.17) is 33.8 Å². The zero-order valence-electron chi connectivity index (χ0n) is 54.3. The molecule has 0 fully saturated rings. The van der Waals surface area contributed by atoms with Crippen LogP contribution in [0.3, 0.4) is 0 Å². The Morgan fingerprint density at radius 1 is 0.198 bits per heavy atom. The van der Waals surface area contributed by atoms with Crippen molar-refractivity contribution < 1.29 is 13.9 Å². The lowest BCUT2D eigenvalue weighted by Gasteiger charge is -2.39. The van der Waals surface area contributed by atoms with Crippen molar-refractivity contribution >= 4 is 21.9 Å². The monoisotopic (exact) mass is 1290 g/mol. The van der Waals surface area contributed by atoms with Crippen molar-refractivity contribution in [3.8, 4) is 135 Å². The van der Waals surface area contributed by atoms with E-state index < -0.39 is 10.8 Å². The summed E-state index contributed by atoms with van der Waals surface area (Å²) in [5, 5.41) is 2.15. The Labute approximate surface area is 582 Å². The first-order valence-electron chi connectivity index (χ1n) is 34.3. The minimum absolute atomic E-state index is 0.588. The van der Waals surface area contributed by atoms with Crippen molar-refractivity contribution in [1.82, 2.24) is 19.9 Å². The van der Waals surface area contributed by atoms with Crippen LogP contribution in [0, 0.1) is 0 Å². The predicted molar refractivity (Wildman–Crippen MR) is 403 cm³/mol. The first kappa shape index (κ1) is 56.8. The average molecular weight is 1290 g/mol. The zero-order valence-corrected chi connectivity index (χ0v) is 54.3. The summed E-state index contributed by atoms with van der Waals surface area (Å²) < 4.78 is 20.6. The van der Waals surface area contributed by atoms with Crippen LogP contribution < -0.4 is 9.47 Å². The van der Waals surface area contributed by atoms with Gasteiger partial charge in [0.2, 0.25) is 0 Å². The first-order valence-corrected chi connectivity index (χ1v) is 34.3. The van der Waals surface area contributed by atoms with E-state index in [0.29, 0.717) is 11.6 Å². The highest BCUT2D eigenvalue weighted by Gasteiger charge is 2.53. The summed E-state index contributed by atoms with van der Waals surface area (Å²) in [6, 6.07) is 121. The molecule has 2 spiro atoms. The molecule has 1 unspecified atom stereocenters. The minimum atomic E-state index is -0.738. The van der Waals surface area contributed by atoms with Gasteiger partial charge in [0.05, 0.1) is 33.6 Å². The molecule has 3 aromatic heterocycles. The molecule has 4 aliphatic rings. The number of nitrogens with zero attached hydrogens (tertiary/aromatic N) is 4. The van der Waals surface area contributed by atoms with Gasteiger partial charge in [0.25, 0.3) is 0 Å². The second kappa shape index (κ2) is 22.1. The molecule has 2 aliphatic carbocycles. The van der Waals surface area contributed by atoms with Gasteiger partial charge in [0, 0.05) is 66.4 Å². The number of hydrogen-bond donors (Lipinski definition) is 0. The molecule has 17 aromatic rings. The maximum atomic E-state index is 7.13. The molecule has 7 heteroatoms. The van der Waals surface area contributed by atoms with Crippen LogP contribution in [0.4, 0.5) is 0 Å². The molecular formula is C94H56N4O3. The highest BCUT2D eigenvalue weighted by Crippen LogP contribution is 2.65. The average Bonchev–Trinajstić information content (AvgIpc) is 1.56. The van der Waals surface area contributed by atoms with Crippen LogP contribution in [0.2, 0.25) is 0 Å². The smallest absolute Gasteiger partial charge is 0.160 e. The molecule has 7 nitrogen and oxygen atoms in total. The summed E-state index contributed by atoms with van der Waals surface area (Å²) in [4.78, 5) is 21.8. The first-order chi connectivity index (χ1) is 50.0. The number of hydrogen-bond acceptors (Lipinski definition) is 7. The van der Waals surface area contributed by atoms with Crippen LogP contribution in [0.1, 0.15) is 44.5 Å². The summed E-state index contributed by atoms with van der Waals surface area (Å²) in [6.45, 7) is 0. The predicted octanol–water partition coefficient (Wildman–Crippen LogP) is 23.4. The van der Waals surface area contributed by atoms with E-state index in [2.05, 4.69) is 297 Å². The summed E-state index contributed by atoms with van der Waals surface area (Å²) in [6.07, 6.45) is 0. The third kappa shape index (κ3) is 8.54. The summed E-state index contributed by atoms with van der Waals surface area (Å²) in [5.74, 6) is 4.33. The van der Waals surface area contributed by atoms with Gasteiger partial charge in [-0.3, -0.25) is 0 Å². The van der Waals surface area contributed by atoms with Crippen molar-refractivity contribution in [3.63, 3.8) is 0 Å². The molecular weight excluding hydrogens is 1230 g/mol. The SMILES string of the molecule is c1ccc(-c2cc(-c3ccc4c(c3)oc3ccccc34)nc(-c3ccc4c(c3)Oc3ccccc3C43c4ccccc4-c4cc(-c5ccc(-c6ccccc6)c(-c6cc(-c7ccccc7)nc(-c7ccc8c(c7)Oc7ccccc7C87c8ccccc8-c8ccccc87)n6)c5)ccc43)n2)cc1. The van der Waals surface area contributed by atoms with Gasteiger partial charge in [-0.25, -0.2) is 19.9 Å². The van der Waals surface area contributed by atoms with Crippen LogP contribution >= 0.6 is 0 Å². The number of para-hydroxylation sites is 3. The second-order valence-electron chi connectivity index (χ2n) is 26.6. The van der Waals surface area contributed by atoms with E-state index in [1.165, 1.54) is 38.9 Å². The maximum absolute atomic E-state index is 7.13. The topological polar surface area (TPSA) is 83.2 Å². The molecule has 101 heavy (non-hydrogen) atoms. The third-order valence-electron chi connectivity index (χ3n) is 21.3. The van der Waals surface area contributed by atoms with Crippen molar-refractivity contribution in [2.24, 2.45) is 0 Å². The lowest BCUT2D eigenvalue weighted by atomic mass is 9.66. The minimum Gasteiger partial charge on any atom is -0.457 e. The van der Waals surface area contributed by atoms with Crippen LogP contribution in [-0.2, 0) is 10.8 Å². The van der Waals surface area contributed by atoms with Crippen LogP contribution in [0.25, 0.3) is 134 Å². The lowest BCUT2D eigenvalue weighted by molar-refractivity contribution is 0.436. The molecule has 21 rings (SSSR count). The van der Waals surface area contributed by atoms with E-state index in [1.54, 1.807) is 0 Å². The Hall–Kier alpha value is -13.4. The fraction of sp³-hybridized carbons (Fsp3) is 0.0213. The lowest BCUT2D eigenvalue weighted by Crippen LogP contribution is -2.32. The van der Waals surface area contributed by atoms with E-state index in [9.17, 15) is 0 Å². The summed E-state index contributed by atoms with van der Waals surface area (Å²) >= 11 is 0. The van der Waals surface area contributed by atoms with Gasteiger partial charge in [-0.2, -0.15) is 0 Å². The number of furan rings is 1. The maximum Gasteiger partial charge on any atom is 0.160 e. The van der Waals surface area contributed by atoms with Crippen molar-refractivity contribution in [2.75, 3.05) is 0 Å². The third-order valence-corrected chi connectivity index (χ3v) is 21.3. The zero-order chi connectivity index (χ0) is 66.3. The van der Waals surface area contributed by atoms with Crippen LogP contribution in [0.5, 0.6) is 23.0 Å². The molecule has 1 atom stereocenters. The Morgan fingerprint density at radius 3 is 1.16 bits per heavy atom. The normalized spacial score (nSPS) is 14.4. The van der Waals surface area contributed by atoms with Crippen molar-refractivity contribution in [1.29, 1.82) is 0 Å². The van der Waals surface area contributed by atoms with Crippen molar-refractivity contribution in [3.05, 3.63) is 384 Å². The Balaban J connectivity index is 0.704. The molecule has 0 amide bonds. The Bertz CT molecular complexity index is 6250. The van der Waals surface area contributed by atoms with E-state index in [0.717, 1.165) is 151 Å². The van der Waals surface area contributed by atoms with Gasteiger partial charge in [-0.15, -0.1) is 0 Å². The van der Waals surface area contributed by atoms with Gasteiger partial charge in [-0.05, 0) is 133 Å². The second-order valence-corrected chi connectivity index (χ2v) is 26.6. The molecule has 0 bridgehead atoms. The molecule has 14 aromatic carbocycles. The van der Waals surface area contributed by atoms with Gasteiger partial charge >= 0.3 is 0 Å². The molecule has 5 heterocycles. The number of aromatic nitrogens is 4. The number of fused-ring (bicyclic) bond motifs is 21. The molecule has 0 radical (unpaired) electrons. The molecule has 0 saturated carbocycles. The summed E-state index contributed by atoms with van der Waals surface area (Å²) in [5.41, 5.74) is 27.4. The van der Waals surface area contributed by atoms with Gasteiger partial charge in [0.15, 0.2) is 11.6 Å². The fourth-order valence-electron chi connectivity index (χ4n) is 16.9. The molecule has 0 N–H and O–H groups in total. The number of ether oxygens (including phenoxy) is 2. The van der Waals surface area contributed by atoms with Gasteiger partial charge < -0.3 is 13.9 Å². The molecule has 0 saturated heterocycles. The number of benzene rings is 14. The van der Waals surface area contributed by atoms with Crippen molar-refractivity contribution in [2.45, 2.75) is 10.8 Å². The quantitative estimate of drug-likeness (QED) is 0.150. The fourth-order valence-corrected chi connectivity index (χ4v) is 16.9. The Morgan fingerprint density at radius 2 is 0.584 bits per heavy atom. The molecule has 2 aliphatic heterocycles. The highest BCUT2D eigenvalue weighted by molar-refractivity contribution is 6.06. The highest BCUT2D eigenvalue weighted by atomic mass is 16.5. The Kier molecular flexibility index (Phi) is 12.4.